The number of alkyl halides is 2. The molecule has 2 fully saturated rings. The second kappa shape index (κ2) is 6.67. The van der Waals surface area contributed by atoms with Crippen molar-refractivity contribution in [3.05, 3.63) is 70.8 Å². The number of hydrogen-bond acceptors (Lipinski definition) is 5. The zero-order valence-electron chi connectivity index (χ0n) is 18.2. The number of nitrogens with zero attached hydrogens (tertiary/aromatic N) is 4. The molecule has 7 heteroatoms. The van der Waals surface area contributed by atoms with Gasteiger partial charge in [0, 0.05) is 11.8 Å². The van der Waals surface area contributed by atoms with Crippen LogP contribution in [0.15, 0.2) is 53.6 Å². The lowest BCUT2D eigenvalue weighted by molar-refractivity contribution is 0.0900. The van der Waals surface area contributed by atoms with Gasteiger partial charge in [0.1, 0.15) is 17.0 Å². The number of thioether (sulfide) groups is 1. The molecule has 1 saturated heterocycles. The molecular weight excluding hydrogens is 459 g/mol. The Balaban J connectivity index is 1.82. The van der Waals surface area contributed by atoms with Crippen molar-refractivity contribution < 1.29 is 0 Å². The number of benzene rings is 2. The van der Waals surface area contributed by atoms with Crippen LogP contribution in [0.1, 0.15) is 36.1 Å². The van der Waals surface area contributed by atoms with E-state index >= 15 is 0 Å². The van der Waals surface area contributed by atoms with E-state index in [1.165, 1.54) is 11.8 Å². The quantitative estimate of drug-likeness (QED) is 0.486. The van der Waals surface area contributed by atoms with E-state index in [1.807, 2.05) is 38.1 Å². The number of hydrazone groups is 1. The van der Waals surface area contributed by atoms with E-state index in [9.17, 15) is 10.5 Å². The summed E-state index contributed by atoms with van der Waals surface area (Å²) in [7, 11) is 0. The third-order valence-corrected chi connectivity index (χ3v) is 9.76. The predicted molar refractivity (Wildman–Crippen MR) is 129 cm³/mol. The van der Waals surface area contributed by atoms with Crippen LogP contribution in [-0.2, 0) is 4.87 Å². The Bertz CT molecular complexity index is 1210. The summed E-state index contributed by atoms with van der Waals surface area (Å²) in [6.45, 7) is 8.51. The molecule has 0 spiro atoms. The van der Waals surface area contributed by atoms with Gasteiger partial charge in [0.2, 0.25) is 3.67 Å². The second-order valence-electron chi connectivity index (χ2n) is 9.56. The Morgan fingerprint density at radius 3 is 2.00 bits per heavy atom. The van der Waals surface area contributed by atoms with Crippen LogP contribution in [0.2, 0.25) is 0 Å². The highest BCUT2D eigenvalue weighted by atomic mass is 35.5. The summed E-state index contributed by atoms with van der Waals surface area (Å²) in [5.74, 6) is 0.213. The molecule has 2 aromatic carbocycles. The van der Waals surface area contributed by atoms with Gasteiger partial charge in [-0.15, -0.1) is 0 Å². The van der Waals surface area contributed by atoms with Crippen molar-refractivity contribution in [2.24, 2.45) is 22.4 Å². The number of fused-ring (bicyclic) bond motifs is 3. The summed E-state index contributed by atoms with van der Waals surface area (Å²) in [5.41, 5.74) is 3.15. The fraction of sp³-hybridized carbons (Fsp3) is 0.400. The summed E-state index contributed by atoms with van der Waals surface area (Å²) in [6, 6.07) is 20.7. The predicted octanol–water partition coefficient (Wildman–Crippen LogP) is 6.11. The van der Waals surface area contributed by atoms with Crippen molar-refractivity contribution in [1.29, 1.82) is 10.5 Å². The topological polar surface area (TPSA) is 63.2 Å². The van der Waals surface area contributed by atoms with Crippen molar-refractivity contribution >= 4 is 40.7 Å². The normalized spacial score (nSPS) is 30.4. The van der Waals surface area contributed by atoms with Gasteiger partial charge in [-0.2, -0.15) is 15.6 Å². The highest BCUT2D eigenvalue weighted by Gasteiger charge is 2.82. The first-order chi connectivity index (χ1) is 15.0. The maximum atomic E-state index is 10.3. The molecule has 2 heterocycles. The number of rotatable bonds is 2. The fourth-order valence-corrected chi connectivity index (χ4v) is 8.28. The first kappa shape index (κ1) is 21.7. The Morgan fingerprint density at radius 2 is 1.47 bits per heavy atom. The van der Waals surface area contributed by atoms with E-state index in [2.05, 4.69) is 50.3 Å². The van der Waals surface area contributed by atoms with E-state index < -0.39 is 14.1 Å². The number of hydrogen-bond donors (Lipinski definition) is 0. The van der Waals surface area contributed by atoms with E-state index in [-0.39, 0.29) is 17.3 Å². The van der Waals surface area contributed by atoms with Gasteiger partial charge in [-0.3, -0.25) is 0 Å². The standard InChI is InChI=1S/C25H22Cl2N4S/c1-15-5-9-17(10-6-15)20-19-21(22(19,3)4)24(18-11-7-16(2)8-12-18)31(30-20)23(13-28,14-29)25(26,27)32-24/h5-12,19,21H,1-4H3/t19-,21+,24?/m1/s1. The van der Waals surface area contributed by atoms with Crippen molar-refractivity contribution in [2.45, 2.75) is 41.8 Å². The van der Waals surface area contributed by atoms with E-state index in [0.29, 0.717) is 0 Å². The van der Waals surface area contributed by atoms with Crippen LogP contribution in [0.4, 0.5) is 0 Å². The molecule has 2 aliphatic heterocycles. The van der Waals surface area contributed by atoms with Gasteiger partial charge in [-0.25, -0.2) is 5.01 Å². The minimum Gasteiger partial charge on any atom is -0.238 e. The average Bonchev–Trinajstić information content (AvgIpc) is 3.26. The van der Waals surface area contributed by atoms with Gasteiger partial charge in [0.05, 0.1) is 5.71 Å². The first-order valence-corrected chi connectivity index (χ1v) is 12.1. The summed E-state index contributed by atoms with van der Waals surface area (Å²) in [5, 5.41) is 27.2. The highest BCUT2D eigenvalue weighted by Crippen LogP contribution is 2.79. The first-order valence-electron chi connectivity index (χ1n) is 10.5. The Labute approximate surface area is 202 Å². The molecular formula is C25H22Cl2N4S. The molecule has 3 aliphatic rings. The van der Waals surface area contributed by atoms with Crippen LogP contribution in [-0.4, -0.2) is 19.9 Å². The highest BCUT2D eigenvalue weighted by molar-refractivity contribution is 8.04. The van der Waals surface area contributed by atoms with Crippen molar-refractivity contribution in [3.63, 3.8) is 0 Å². The second-order valence-corrected chi connectivity index (χ2v) is 12.8. The van der Waals surface area contributed by atoms with Crippen LogP contribution in [0.5, 0.6) is 0 Å². The monoisotopic (exact) mass is 480 g/mol. The molecule has 3 atom stereocenters. The zero-order valence-corrected chi connectivity index (χ0v) is 20.6. The molecule has 2 aromatic rings. The van der Waals surface area contributed by atoms with E-state index in [1.54, 1.807) is 5.01 Å². The molecule has 1 saturated carbocycles. The SMILES string of the molecule is Cc1ccc(C2=NN3C(c4ccc(C)cc4)(SC(Cl)(Cl)C3(C#N)C#N)[C@H]3[C@@H]2C3(C)C)cc1. The van der Waals surface area contributed by atoms with Gasteiger partial charge in [-0.1, -0.05) is 108 Å². The summed E-state index contributed by atoms with van der Waals surface area (Å²) in [6.07, 6.45) is 0. The van der Waals surface area contributed by atoms with Gasteiger partial charge >= 0.3 is 0 Å². The van der Waals surface area contributed by atoms with Crippen LogP contribution in [0.25, 0.3) is 0 Å². The molecule has 0 bridgehead atoms. The Hall–Kier alpha value is -2.18. The largest absolute Gasteiger partial charge is 0.273 e. The third-order valence-electron chi connectivity index (χ3n) is 7.22. The van der Waals surface area contributed by atoms with Crippen LogP contribution in [0, 0.1) is 53.8 Å². The molecule has 4 nitrogen and oxygen atoms in total. The summed E-state index contributed by atoms with van der Waals surface area (Å²) < 4.78 is -1.68. The third kappa shape index (κ3) is 2.54. The molecule has 0 aromatic heterocycles. The number of aryl methyl sites for hydroxylation is 2. The lowest BCUT2D eigenvalue weighted by Crippen LogP contribution is -2.55. The van der Waals surface area contributed by atoms with Gasteiger partial charge in [-0.05, 0) is 30.4 Å². The fourth-order valence-electron chi connectivity index (χ4n) is 5.44. The number of nitriles is 2. The maximum Gasteiger partial charge on any atom is 0.273 e. The van der Waals surface area contributed by atoms with Gasteiger partial charge in [0.25, 0.3) is 5.54 Å². The molecule has 32 heavy (non-hydrogen) atoms. The summed E-state index contributed by atoms with van der Waals surface area (Å²) in [4.78, 5) is -0.828. The maximum absolute atomic E-state index is 10.3. The van der Waals surface area contributed by atoms with Gasteiger partial charge < -0.3 is 0 Å². The van der Waals surface area contributed by atoms with Crippen molar-refractivity contribution in [3.8, 4) is 12.1 Å². The lowest BCUT2D eigenvalue weighted by Gasteiger charge is -2.42. The number of halogens is 2. The summed E-state index contributed by atoms with van der Waals surface area (Å²) >= 11 is 14.9. The molecule has 0 amide bonds. The van der Waals surface area contributed by atoms with E-state index in [0.717, 1.165) is 28.0 Å². The Morgan fingerprint density at radius 1 is 0.938 bits per heavy atom. The molecule has 162 valence electrons. The van der Waals surface area contributed by atoms with Crippen molar-refractivity contribution in [1.82, 2.24) is 5.01 Å². The van der Waals surface area contributed by atoms with Crippen molar-refractivity contribution in [2.75, 3.05) is 0 Å². The average molecular weight is 481 g/mol. The van der Waals surface area contributed by atoms with Crippen LogP contribution in [0.3, 0.4) is 0 Å². The smallest absolute Gasteiger partial charge is 0.238 e. The molecule has 1 aliphatic carbocycles. The molecule has 0 N–H and O–H groups in total. The van der Waals surface area contributed by atoms with Crippen LogP contribution >= 0.6 is 35.0 Å². The van der Waals surface area contributed by atoms with Crippen LogP contribution < -0.4 is 0 Å². The molecule has 5 rings (SSSR count). The van der Waals surface area contributed by atoms with E-state index in [4.69, 9.17) is 28.3 Å². The molecule has 0 radical (unpaired) electrons. The minimum absolute atomic E-state index is 0.0666. The zero-order chi connectivity index (χ0) is 23.1. The Kier molecular flexibility index (Phi) is 4.51. The molecule has 1 unspecified atom stereocenters. The van der Waals surface area contributed by atoms with Gasteiger partial charge in [0.15, 0.2) is 0 Å². The lowest BCUT2D eigenvalue weighted by atomic mass is 9.90. The minimum atomic E-state index is -1.84.